The molecule has 1 aromatic heterocycles. The summed E-state index contributed by atoms with van der Waals surface area (Å²) in [5.74, 6) is 1.50. The molecule has 0 radical (unpaired) electrons. The summed E-state index contributed by atoms with van der Waals surface area (Å²) < 4.78 is 5.51. The van der Waals surface area contributed by atoms with Crippen molar-refractivity contribution in [2.45, 2.75) is 70.0 Å². The van der Waals surface area contributed by atoms with E-state index in [1.165, 1.54) is 32.1 Å². The average molecular weight is 276 g/mol. The zero-order chi connectivity index (χ0) is 13.7. The van der Waals surface area contributed by atoms with Gasteiger partial charge in [0.1, 0.15) is 0 Å². The van der Waals surface area contributed by atoms with Crippen LogP contribution in [0.5, 0.6) is 0 Å². The summed E-state index contributed by atoms with van der Waals surface area (Å²) in [5.41, 5.74) is 0. The second-order valence-electron chi connectivity index (χ2n) is 6.87. The molecular formula is C15H24N4O. The standard InChI is InChI=1S/C15H24N4O/c1-10(2)19-12-5-6-13(19)9-18(8-7-12)15-16-14(17-20-15)11-3-4-11/h10-13H,3-9H2,1-2H3. The summed E-state index contributed by atoms with van der Waals surface area (Å²) in [6.07, 6.45) is 6.34. The van der Waals surface area contributed by atoms with Crippen molar-refractivity contribution in [3.63, 3.8) is 0 Å². The Kier molecular flexibility index (Phi) is 2.98. The highest BCUT2D eigenvalue weighted by atomic mass is 16.5. The van der Waals surface area contributed by atoms with E-state index in [-0.39, 0.29) is 0 Å². The topological polar surface area (TPSA) is 45.4 Å². The lowest BCUT2D eigenvalue weighted by Gasteiger charge is -2.31. The van der Waals surface area contributed by atoms with E-state index < -0.39 is 0 Å². The van der Waals surface area contributed by atoms with Crippen LogP contribution in [0.4, 0.5) is 6.01 Å². The van der Waals surface area contributed by atoms with Crippen molar-refractivity contribution < 1.29 is 4.52 Å². The number of nitrogens with zero attached hydrogens (tertiary/aromatic N) is 4. The van der Waals surface area contributed by atoms with E-state index in [4.69, 9.17) is 4.52 Å². The number of anilines is 1. The fraction of sp³-hybridized carbons (Fsp3) is 0.867. The molecule has 0 amide bonds. The molecule has 0 aromatic carbocycles. The minimum atomic E-state index is 0.572. The van der Waals surface area contributed by atoms with Crippen molar-refractivity contribution in [1.82, 2.24) is 15.0 Å². The average Bonchev–Trinajstić information content (AvgIpc) is 3.04. The van der Waals surface area contributed by atoms with Crippen LogP contribution in [0.3, 0.4) is 0 Å². The van der Waals surface area contributed by atoms with Crippen LogP contribution in [-0.2, 0) is 0 Å². The van der Waals surface area contributed by atoms with Gasteiger partial charge in [-0.05, 0) is 46.0 Å². The van der Waals surface area contributed by atoms with Crippen molar-refractivity contribution in [1.29, 1.82) is 0 Å². The van der Waals surface area contributed by atoms with Crippen LogP contribution < -0.4 is 4.90 Å². The van der Waals surface area contributed by atoms with Crippen LogP contribution in [0.1, 0.15) is 57.7 Å². The molecule has 2 unspecified atom stereocenters. The molecular weight excluding hydrogens is 252 g/mol. The zero-order valence-electron chi connectivity index (χ0n) is 12.5. The Morgan fingerprint density at radius 1 is 1.10 bits per heavy atom. The largest absolute Gasteiger partial charge is 0.324 e. The molecule has 2 atom stereocenters. The highest BCUT2D eigenvalue weighted by Gasteiger charge is 2.39. The lowest BCUT2D eigenvalue weighted by atomic mass is 10.1. The van der Waals surface area contributed by atoms with Gasteiger partial charge in [0.15, 0.2) is 5.82 Å². The molecule has 0 spiro atoms. The molecule has 4 rings (SSSR count). The fourth-order valence-corrected chi connectivity index (χ4v) is 3.99. The molecule has 0 N–H and O–H groups in total. The van der Waals surface area contributed by atoms with Gasteiger partial charge in [0.05, 0.1) is 0 Å². The first-order valence-electron chi connectivity index (χ1n) is 8.08. The third-order valence-electron chi connectivity index (χ3n) is 5.08. The molecule has 5 nitrogen and oxygen atoms in total. The Bertz CT molecular complexity index is 482. The van der Waals surface area contributed by atoms with Gasteiger partial charge in [-0.2, -0.15) is 4.98 Å². The Morgan fingerprint density at radius 2 is 1.90 bits per heavy atom. The summed E-state index contributed by atoms with van der Waals surface area (Å²) in [7, 11) is 0. The van der Waals surface area contributed by atoms with Crippen LogP contribution in [0.15, 0.2) is 4.52 Å². The summed E-state index contributed by atoms with van der Waals surface area (Å²) in [4.78, 5) is 9.64. The van der Waals surface area contributed by atoms with Gasteiger partial charge in [-0.3, -0.25) is 4.90 Å². The SMILES string of the molecule is CC(C)N1C2CCC1CN(c1nc(C3CC3)no1)CC2. The predicted molar refractivity (Wildman–Crippen MR) is 76.9 cm³/mol. The highest BCUT2D eigenvalue weighted by molar-refractivity contribution is 5.28. The van der Waals surface area contributed by atoms with Gasteiger partial charge in [-0.25, -0.2) is 0 Å². The second-order valence-corrected chi connectivity index (χ2v) is 6.87. The van der Waals surface area contributed by atoms with Crippen LogP contribution in [0, 0.1) is 0 Å². The third-order valence-corrected chi connectivity index (χ3v) is 5.08. The van der Waals surface area contributed by atoms with E-state index in [1.54, 1.807) is 0 Å². The molecule has 110 valence electrons. The van der Waals surface area contributed by atoms with Gasteiger partial charge in [-0.15, -0.1) is 0 Å². The normalized spacial score (nSPS) is 31.1. The lowest BCUT2D eigenvalue weighted by molar-refractivity contribution is 0.158. The van der Waals surface area contributed by atoms with Gasteiger partial charge in [0, 0.05) is 37.1 Å². The van der Waals surface area contributed by atoms with E-state index in [1.807, 2.05) is 0 Å². The molecule has 1 saturated carbocycles. The second kappa shape index (κ2) is 4.72. The maximum absolute atomic E-state index is 5.51. The zero-order valence-corrected chi connectivity index (χ0v) is 12.5. The van der Waals surface area contributed by atoms with Crippen molar-refractivity contribution >= 4 is 6.01 Å². The van der Waals surface area contributed by atoms with E-state index in [0.29, 0.717) is 18.0 Å². The van der Waals surface area contributed by atoms with Gasteiger partial charge in [0.25, 0.3) is 0 Å². The summed E-state index contributed by atoms with van der Waals surface area (Å²) in [6, 6.07) is 2.79. The molecule has 3 heterocycles. The van der Waals surface area contributed by atoms with E-state index in [2.05, 4.69) is 33.8 Å². The molecule has 1 aliphatic carbocycles. The van der Waals surface area contributed by atoms with Gasteiger partial charge < -0.3 is 9.42 Å². The first-order chi connectivity index (χ1) is 9.72. The van der Waals surface area contributed by atoms with E-state index >= 15 is 0 Å². The number of aromatic nitrogens is 2. The lowest BCUT2D eigenvalue weighted by Crippen LogP contribution is -2.43. The maximum atomic E-state index is 5.51. The summed E-state index contributed by atoms with van der Waals surface area (Å²) >= 11 is 0. The van der Waals surface area contributed by atoms with Gasteiger partial charge in [0.2, 0.25) is 0 Å². The Balaban J connectivity index is 1.52. The van der Waals surface area contributed by atoms with Crippen molar-refractivity contribution in [2.24, 2.45) is 0 Å². The molecule has 3 fully saturated rings. The predicted octanol–water partition coefficient (Wildman–Crippen LogP) is 2.40. The number of fused-ring (bicyclic) bond motifs is 2. The molecule has 2 saturated heterocycles. The first kappa shape index (κ1) is 12.6. The highest BCUT2D eigenvalue weighted by Crippen LogP contribution is 2.39. The Hall–Kier alpha value is -1.10. The summed E-state index contributed by atoms with van der Waals surface area (Å²) in [6.45, 7) is 6.73. The van der Waals surface area contributed by atoms with Gasteiger partial charge in [-0.1, -0.05) is 5.16 Å². The van der Waals surface area contributed by atoms with Crippen molar-refractivity contribution in [3.8, 4) is 0 Å². The van der Waals surface area contributed by atoms with E-state index in [9.17, 15) is 0 Å². The molecule has 3 aliphatic rings. The Morgan fingerprint density at radius 3 is 2.65 bits per heavy atom. The van der Waals surface area contributed by atoms with E-state index in [0.717, 1.165) is 31.0 Å². The molecule has 2 aliphatic heterocycles. The maximum Gasteiger partial charge on any atom is 0.324 e. The van der Waals surface area contributed by atoms with Crippen molar-refractivity contribution in [2.75, 3.05) is 18.0 Å². The van der Waals surface area contributed by atoms with Crippen molar-refractivity contribution in [3.05, 3.63) is 5.82 Å². The summed E-state index contributed by atoms with van der Waals surface area (Å²) in [5, 5.41) is 4.16. The first-order valence-corrected chi connectivity index (χ1v) is 8.08. The Labute approximate surface area is 120 Å². The molecule has 2 bridgehead atoms. The molecule has 20 heavy (non-hydrogen) atoms. The number of hydrogen-bond donors (Lipinski definition) is 0. The van der Waals surface area contributed by atoms with Gasteiger partial charge >= 0.3 is 6.01 Å². The molecule has 1 aromatic rings. The van der Waals surface area contributed by atoms with Crippen LogP contribution in [0.25, 0.3) is 0 Å². The third kappa shape index (κ3) is 2.12. The smallest absolute Gasteiger partial charge is 0.323 e. The van der Waals surface area contributed by atoms with Crippen LogP contribution >= 0.6 is 0 Å². The minimum absolute atomic E-state index is 0.572. The minimum Gasteiger partial charge on any atom is -0.323 e. The van der Waals surface area contributed by atoms with Crippen LogP contribution in [-0.4, -0.2) is 46.3 Å². The quantitative estimate of drug-likeness (QED) is 0.848. The number of hydrogen-bond acceptors (Lipinski definition) is 5. The van der Waals surface area contributed by atoms with Crippen LogP contribution in [0.2, 0.25) is 0 Å². The number of rotatable bonds is 3. The monoisotopic (exact) mass is 276 g/mol. The molecule has 5 heteroatoms. The fourth-order valence-electron chi connectivity index (χ4n) is 3.99.